The molecule has 1 aromatic rings. The summed E-state index contributed by atoms with van der Waals surface area (Å²) in [5, 5.41) is 0. The Morgan fingerprint density at radius 2 is 0.633 bits per heavy atom. The van der Waals surface area contributed by atoms with Gasteiger partial charge in [0.1, 0.15) is 18.3 Å². The number of rotatable bonds is 65. The lowest BCUT2D eigenvalue weighted by atomic mass is 10.0. The summed E-state index contributed by atoms with van der Waals surface area (Å²) in [6, 6.07) is 10.1. The molecule has 0 N–H and O–H groups in total. The van der Waals surface area contributed by atoms with E-state index in [1.165, 1.54) is 128 Å². The molecular formula is C68H126O11. The van der Waals surface area contributed by atoms with Gasteiger partial charge in [0.25, 0.3) is 0 Å². The molecule has 11 nitrogen and oxygen atoms in total. The molecule has 0 aliphatic carbocycles. The molecule has 79 heavy (non-hydrogen) atoms. The summed E-state index contributed by atoms with van der Waals surface area (Å²) in [5.41, 5.74) is 1.16. The van der Waals surface area contributed by atoms with Gasteiger partial charge in [-0.1, -0.05) is 225 Å². The normalized spacial score (nSPS) is 12.1. The highest BCUT2D eigenvalue weighted by molar-refractivity contribution is 5.69. The third kappa shape index (κ3) is 54.9. The monoisotopic (exact) mass is 1120 g/mol. The molecule has 0 bridgehead atoms. The van der Waals surface area contributed by atoms with Crippen molar-refractivity contribution in [3.05, 3.63) is 35.9 Å². The highest BCUT2D eigenvalue weighted by Crippen LogP contribution is 2.21. The van der Waals surface area contributed by atoms with Crippen LogP contribution < -0.4 is 0 Å². The topological polar surface area (TPSA) is 117 Å². The van der Waals surface area contributed by atoms with Crippen molar-refractivity contribution in [1.29, 1.82) is 0 Å². The Bertz CT molecular complexity index is 1330. The van der Waals surface area contributed by atoms with Gasteiger partial charge >= 0.3 is 11.9 Å². The van der Waals surface area contributed by atoms with Crippen LogP contribution in [0.4, 0.5) is 0 Å². The summed E-state index contributed by atoms with van der Waals surface area (Å²) in [4.78, 5) is 25.8. The second-order valence-electron chi connectivity index (χ2n) is 22.5. The fourth-order valence-corrected chi connectivity index (χ4v) is 9.89. The quantitative estimate of drug-likeness (QED) is 0.0458. The first-order valence-corrected chi connectivity index (χ1v) is 33.5. The third-order valence-corrected chi connectivity index (χ3v) is 14.9. The molecular weight excluding hydrogens is 993 g/mol. The predicted octanol–water partition coefficient (Wildman–Crippen LogP) is 18.2. The van der Waals surface area contributed by atoms with Crippen LogP contribution in [0.5, 0.6) is 0 Å². The van der Waals surface area contributed by atoms with Crippen LogP contribution in [0.15, 0.2) is 30.3 Å². The Hall–Kier alpha value is -2.12. The molecule has 1 atom stereocenters. The van der Waals surface area contributed by atoms with Gasteiger partial charge in [-0.15, -0.1) is 0 Å². The van der Waals surface area contributed by atoms with Gasteiger partial charge in [0.2, 0.25) is 0 Å². The molecule has 464 valence electrons. The zero-order valence-corrected chi connectivity index (χ0v) is 52.1. The van der Waals surface area contributed by atoms with Crippen molar-refractivity contribution in [2.24, 2.45) is 0 Å². The summed E-state index contributed by atoms with van der Waals surface area (Å²) in [6.07, 6.45) is 45.6. The predicted molar refractivity (Wildman–Crippen MR) is 327 cm³/mol. The fraction of sp³-hybridized carbons (Fsp3) is 0.882. The first-order chi connectivity index (χ1) is 39.0. The summed E-state index contributed by atoms with van der Waals surface area (Å²) in [6.45, 7) is 16.0. The van der Waals surface area contributed by atoms with Gasteiger partial charge in [0.05, 0.1) is 72.7 Å². The van der Waals surface area contributed by atoms with Crippen LogP contribution in [0.25, 0.3) is 0 Å². The minimum Gasteiger partial charge on any atom is -0.462 e. The van der Waals surface area contributed by atoms with Gasteiger partial charge in [-0.25, -0.2) is 0 Å². The summed E-state index contributed by atoms with van der Waals surface area (Å²) in [5.74, 6) is -0.0191. The molecule has 0 unspecified atom stereocenters. The summed E-state index contributed by atoms with van der Waals surface area (Å²) >= 11 is 0. The Balaban J connectivity index is 2.40. The average Bonchev–Trinajstić information content (AvgIpc) is 3.45. The molecule has 11 heteroatoms. The number of unbranched alkanes of at least 4 members (excludes halogenated alkanes) is 28. The van der Waals surface area contributed by atoms with E-state index in [1.807, 2.05) is 18.2 Å². The van der Waals surface area contributed by atoms with Crippen molar-refractivity contribution in [3.8, 4) is 0 Å². The van der Waals surface area contributed by atoms with Crippen LogP contribution in [-0.2, 0) is 58.8 Å². The fourth-order valence-electron chi connectivity index (χ4n) is 9.89. The Labute approximate surface area is 486 Å². The molecule has 0 saturated carbocycles. The Morgan fingerprint density at radius 1 is 0.316 bits per heavy atom. The van der Waals surface area contributed by atoms with Gasteiger partial charge in [-0.3, -0.25) is 9.59 Å². The number of hydrogen-bond acceptors (Lipinski definition) is 11. The number of carbonyl (C=O) groups is 2. The van der Waals surface area contributed by atoms with Crippen LogP contribution >= 0.6 is 0 Å². The molecule has 0 aromatic heterocycles. The minimum absolute atomic E-state index is 0.00797. The van der Waals surface area contributed by atoms with Gasteiger partial charge in [0, 0.05) is 26.1 Å². The number of hydrogen-bond donors (Lipinski definition) is 0. The van der Waals surface area contributed by atoms with E-state index >= 15 is 0 Å². The maximum Gasteiger partial charge on any atom is 0.306 e. The molecule has 0 aliphatic heterocycles. The van der Waals surface area contributed by atoms with Crippen LogP contribution in [0, 0.1) is 0 Å². The molecule has 1 aromatic carbocycles. The van der Waals surface area contributed by atoms with Crippen LogP contribution in [0.1, 0.15) is 290 Å². The Morgan fingerprint density at radius 3 is 1.04 bits per heavy atom. The smallest absolute Gasteiger partial charge is 0.306 e. The lowest BCUT2D eigenvalue weighted by molar-refractivity contribution is -0.151. The highest BCUT2D eigenvalue weighted by Gasteiger charge is 2.17. The van der Waals surface area contributed by atoms with Gasteiger partial charge in [0.15, 0.2) is 0 Å². The second kappa shape index (κ2) is 61.9. The van der Waals surface area contributed by atoms with E-state index < -0.39 is 0 Å². The van der Waals surface area contributed by atoms with Crippen LogP contribution in [-0.4, -0.2) is 110 Å². The maximum absolute atomic E-state index is 12.9. The minimum atomic E-state index is -0.153. The average molecular weight is 1120 g/mol. The number of ether oxygens (including phenoxy) is 9. The van der Waals surface area contributed by atoms with Crippen LogP contribution in [0.3, 0.4) is 0 Å². The van der Waals surface area contributed by atoms with Crippen molar-refractivity contribution >= 4 is 11.9 Å². The van der Waals surface area contributed by atoms with E-state index in [4.69, 9.17) is 42.6 Å². The van der Waals surface area contributed by atoms with Crippen molar-refractivity contribution in [2.45, 2.75) is 309 Å². The van der Waals surface area contributed by atoms with Crippen molar-refractivity contribution in [1.82, 2.24) is 0 Å². The van der Waals surface area contributed by atoms with Gasteiger partial charge < -0.3 is 42.6 Å². The van der Waals surface area contributed by atoms with E-state index in [0.717, 1.165) is 121 Å². The van der Waals surface area contributed by atoms with E-state index in [1.54, 1.807) is 0 Å². The molecule has 0 spiro atoms. The molecule has 1 rings (SSSR count). The standard InChI is InChI=1S/C68H126O11/c1-5-9-13-17-23-34-44-64(45-35-24-18-14-10-6-2)78-67(69)48-38-27-21-29-40-50-74-61-66(62-76-59-57-73-55-53-71-52-54-72-56-58-75-60-63-42-32-31-33-43-63)77-51-41-30-22-28-39-49-68(70)79-65(46-36-25-19-15-11-7-3)47-37-26-20-16-12-8-4/h31-33,42-43,64-66H,5-30,34-41,44-62H2,1-4H3/t66-/m0/s1. The van der Waals surface area contributed by atoms with E-state index in [0.29, 0.717) is 98.7 Å². The molecule has 0 heterocycles. The first kappa shape index (κ1) is 74.9. The molecule has 0 aliphatic rings. The van der Waals surface area contributed by atoms with Crippen LogP contribution in [0.2, 0.25) is 0 Å². The molecule has 0 fully saturated rings. The maximum atomic E-state index is 12.9. The van der Waals surface area contributed by atoms with E-state index in [9.17, 15) is 9.59 Å². The SMILES string of the molecule is CCCCCCCCC(CCCCCCCC)OC(=O)CCCCCCCOC[C@@H](COCCOCCOCCOCCOCc1ccccc1)OCCCCCCCC(=O)OC(CCCCCCCC)CCCCCCCC. The lowest BCUT2D eigenvalue weighted by Crippen LogP contribution is -2.27. The highest BCUT2D eigenvalue weighted by atomic mass is 16.6. The molecule has 0 radical (unpaired) electrons. The number of benzene rings is 1. The number of esters is 2. The summed E-state index contributed by atoms with van der Waals surface area (Å²) in [7, 11) is 0. The zero-order valence-electron chi connectivity index (χ0n) is 52.1. The van der Waals surface area contributed by atoms with Crippen molar-refractivity contribution < 1.29 is 52.2 Å². The zero-order chi connectivity index (χ0) is 56.8. The lowest BCUT2D eigenvalue weighted by Gasteiger charge is -2.19. The summed E-state index contributed by atoms with van der Waals surface area (Å²) < 4.78 is 53.3. The second-order valence-corrected chi connectivity index (χ2v) is 22.5. The first-order valence-electron chi connectivity index (χ1n) is 33.5. The van der Waals surface area contributed by atoms with Crippen molar-refractivity contribution in [3.63, 3.8) is 0 Å². The Kier molecular flexibility index (Phi) is 58.7. The van der Waals surface area contributed by atoms with E-state index in [2.05, 4.69) is 39.8 Å². The molecule has 0 saturated heterocycles. The van der Waals surface area contributed by atoms with Gasteiger partial charge in [-0.05, 0) is 82.6 Å². The van der Waals surface area contributed by atoms with E-state index in [-0.39, 0.29) is 30.3 Å². The number of carbonyl (C=O) groups excluding carboxylic acids is 2. The van der Waals surface area contributed by atoms with Gasteiger partial charge in [-0.2, -0.15) is 0 Å². The largest absolute Gasteiger partial charge is 0.462 e. The molecule has 0 amide bonds. The third-order valence-electron chi connectivity index (χ3n) is 14.9. The van der Waals surface area contributed by atoms with Crippen molar-refractivity contribution in [2.75, 3.05) is 79.3 Å².